The van der Waals surface area contributed by atoms with Crippen LogP contribution in [-0.4, -0.2) is 59.2 Å². The molecular formula is C27H25F2N5O4S. The number of halogens is 2. The first-order chi connectivity index (χ1) is 18.7. The van der Waals surface area contributed by atoms with Gasteiger partial charge in [0.25, 0.3) is 5.91 Å². The third kappa shape index (κ3) is 4.73. The second-order valence-electron chi connectivity index (χ2n) is 10.00. The number of aromatic nitrogens is 2. The number of hydrogen-bond donors (Lipinski definition) is 2. The van der Waals surface area contributed by atoms with Crippen LogP contribution in [0.25, 0.3) is 11.4 Å². The molecule has 39 heavy (non-hydrogen) atoms. The Kier molecular flexibility index (Phi) is 6.29. The molecule has 2 saturated heterocycles. The van der Waals surface area contributed by atoms with E-state index in [-0.39, 0.29) is 58.7 Å². The fraction of sp³-hybridized carbons (Fsp3) is 0.333. The van der Waals surface area contributed by atoms with E-state index in [9.17, 15) is 26.8 Å². The van der Waals surface area contributed by atoms with E-state index in [0.29, 0.717) is 37.2 Å². The predicted molar refractivity (Wildman–Crippen MR) is 139 cm³/mol. The molecule has 0 aliphatic carbocycles. The second kappa shape index (κ2) is 9.67. The molecule has 12 heteroatoms. The van der Waals surface area contributed by atoms with Crippen molar-refractivity contribution >= 4 is 33.2 Å². The zero-order chi connectivity index (χ0) is 27.3. The van der Waals surface area contributed by atoms with Crippen molar-refractivity contribution in [3.8, 4) is 11.4 Å². The van der Waals surface area contributed by atoms with Gasteiger partial charge in [0.1, 0.15) is 32.9 Å². The summed E-state index contributed by atoms with van der Waals surface area (Å²) in [6, 6.07) is 10.6. The highest BCUT2D eigenvalue weighted by Crippen LogP contribution is 2.34. The van der Waals surface area contributed by atoms with Gasteiger partial charge in [0, 0.05) is 18.3 Å². The maximum Gasteiger partial charge on any atom is 0.257 e. The van der Waals surface area contributed by atoms with Crippen molar-refractivity contribution in [1.82, 2.24) is 20.2 Å². The number of fused-ring (bicyclic) bond motifs is 1. The molecule has 3 aromatic rings. The third-order valence-corrected chi connectivity index (χ3v) is 9.31. The number of nitrogens with one attached hydrogen (secondary N) is 2. The molecule has 202 valence electrons. The van der Waals surface area contributed by atoms with Crippen LogP contribution in [0.15, 0.2) is 42.5 Å². The molecule has 4 heterocycles. The summed E-state index contributed by atoms with van der Waals surface area (Å²) in [5.41, 5.74) is 1.56. The predicted octanol–water partition coefficient (Wildman–Crippen LogP) is 3.30. The van der Waals surface area contributed by atoms with Gasteiger partial charge in [-0.15, -0.1) is 0 Å². The van der Waals surface area contributed by atoms with Crippen LogP contribution in [0.3, 0.4) is 0 Å². The summed E-state index contributed by atoms with van der Waals surface area (Å²) in [5.74, 6) is -2.16. The maximum atomic E-state index is 14.4. The minimum atomic E-state index is -3.01. The Balaban J connectivity index is 1.23. The van der Waals surface area contributed by atoms with Crippen LogP contribution in [-0.2, 0) is 21.2 Å². The summed E-state index contributed by atoms with van der Waals surface area (Å²) >= 11 is 0. The van der Waals surface area contributed by atoms with Crippen LogP contribution >= 0.6 is 0 Å². The summed E-state index contributed by atoms with van der Waals surface area (Å²) in [6.45, 7) is 0.701. The largest absolute Gasteiger partial charge is 0.346 e. The number of benzene rings is 2. The van der Waals surface area contributed by atoms with Crippen molar-refractivity contribution < 1.29 is 26.8 Å². The minimum Gasteiger partial charge on any atom is -0.346 e. The number of likely N-dealkylation sites (tertiary alicyclic amines) is 1. The molecule has 3 aliphatic heterocycles. The average molecular weight is 554 g/mol. The molecule has 2 aromatic carbocycles. The molecule has 1 aromatic heterocycles. The molecule has 2 amide bonds. The van der Waals surface area contributed by atoms with Gasteiger partial charge < -0.3 is 15.5 Å². The van der Waals surface area contributed by atoms with Crippen LogP contribution in [0.5, 0.6) is 0 Å². The van der Waals surface area contributed by atoms with Gasteiger partial charge in [-0.25, -0.2) is 27.2 Å². The molecule has 2 N–H and O–H groups in total. The molecule has 0 bridgehead atoms. The Morgan fingerprint density at radius 1 is 0.923 bits per heavy atom. The normalized spacial score (nSPS) is 20.7. The Morgan fingerprint density at radius 3 is 2.31 bits per heavy atom. The number of sulfone groups is 1. The first-order valence-corrected chi connectivity index (χ1v) is 14.5. The number of nitrogens with zero attached hydrogens (tertiary/aromatic N) is 3. The minimum absolute atomic E-state index is 0.00172. The van der Waals surface area contributed by atoms with E-state index < -0.39 is 27.4 Å². The van der Waals surface area contributed by atoms with Gasteiger partial charge >= 0.3 is 0 Å². The molecule has 2 fully saturated rings. The SMILES string of the molecule is O=C1NCc2nc(-c3c(F)cccc3F)nc(Nc3ccc([C@@H]4CCN(C5CCS(=O)(=O)CC5)C4=O)cc3)c21. The van der Waals surface area contributed by atoms with Gasteiger partial charge in [-0.1, -0.05) is 18.2 Å². The molecular weight excluding hydrogens is 528 g/mol. The van der Waals surface area contributed by atoms with Crippen LogP contribution in [0.4, 0.5) is 20.3 Å². The fourth-order valence-electron chi connectivity index (χ4n) is 5.54. The zero-order valence-electron chi connectivity index (χ0n) is 20.8. The van der Waals surface area contributed by atoms with E-state index >= 15 is 0 Å². The highest BCUT2D eigenvalue weighted by Gasteiger charge is 2.39. The lowest BCUT2D eigenvalue weighted by Crippen LogP contribution is -2.42. The number of rotatable bonds is 5. The monoisotopic (exact) mass is 553 g/mol. The summed E-state index contributed by atoms with van der Waals surface area (Å²) in [6.07, 6.45) is 1.59. The number of amides is 2. The first kappa shape index (κ1) is 25.4. The maximum absolute atomic E-state index is 14.4. The number of hydrogen-bond acceptors (Lipinski definition) is 7. The summed E-state index contributed by atoms with van der Waals surface area (Å²) in [4.78, 5) is 36.0. The Morgan fingerprint density at radius 2 is 1.62 bits per heavy atom. The first-order valence-electron chi connectivity index (χ1n) is 12.7. The number of carbonyl (C=O) groups excluding carboxylic acids is 2. The van der Waals surface area contributed by atoms with Crippen molar-refractivity contribution in [2.24, 2.45) is 0 Å². The van der Waals surface area contributed by atoms with E-state index in [1.165, 1.54) is 6.07 Å². The lowest BCUT2D eigenvalue weighted by molar-refractivity contribution is -0.131. The van der Waals surface area contributed by atoms with Gasteiger partial charge in [-0.05, 0) is 49.1 Å². The van der Waals surface area contributed by atoms with E-state index in [2.05, 4.69) is 20.6 Å². The smallest absolute Gasteiger partial charge is 0.257 e. The molecule has 0 radical (unpaired) electrons. The quantitative estimate of drug-likeness (QED) is 0.497. The van der Waals surface area contributed by atoms with Crippen molar-refractivity contribution in [3.63, 3.8) is 0 Å². The molecule has 0 spiro atoms. The van der Waals surface area contributed by atoms with E-state index in [4.69, 9.17) is 0 Å². The van der Waals surface area contributed by atoms with Crippen LogP contribution < -0.4 is 10.6 Å². The third-order valence-electron chi connectivity index (χ3n) is 7.59. The van der Waals surface area contributed by atoms with Crippen LogP contribution in [0.2, 0.25) is 0 Å². The Bertz CT molecular complexity index is 1560. The number of anilines is 2. The van der Waals surface area contributed by atoms with Gasteiger partial charge in [0.15, 0.2) is 5.82 Å². The van der Waals surface area contributed by atoms with E-state index in [0.717, 1.165) is 17.7 Å². The molecule has 3 aliphatic rings. The highest BCUT2D eigenvalue weighted by atomic mass is 32.2. The standard InChI is InChI=1S/C27H25F2N5O4S/c28-19-2-1-3-20(29)22(19)24-32-21-14-30-26(35)23(21)25(33-24)31-16-6-4-15(5-7-16)18-8-11-34(27(18)36)17-9-12-39(37,38)13-10-17/h1-7,17-18H,8-14H2,(H,30,35)(H,31,32,33)/t18-/m0/s1. The van der Waals surface area contributed by atoms with E-state index in [1.54, 1.807) is 12.1 Å². The van der Waals surface area contributed by atoms with Crippen molar-refractivity contribution in [3.05, 3.63) is 70.9 Å². The molecule has 0 saturated carbocycles. The van der Waals surface area contributed by atoms with Crippen molar-refractivity contribution in [2.75, 3.05) is 23.4 Å². The lowest BCUT2D eigenvalue weighted by atomic mass is 9.97. The van der Waals surface area contributed by atoms with Crippen LogP contribution in [0.1, 0.15) is 46.8 Å². The lowest BCUT2D eigenvalue weighted by Gasteiger charge is -2.31. The summed E-state index contributed by atoms with van der Waals surface area (Å²) in [5, 5.41) is 5.73. The zero-order valence-corrected chi connectivity index (χ0v) is 21.6. The van der Waals surface area contributed by atoms with Crippen molar-refractivity contribution in [1.29, 1.82) is 0 Å². The van der Waals surface area contributed by atoms with Crippen molar-refractivity contribution in [2.45, 2.75) is 37.8 Å². The molecule has 1 atom stereocenters. The summed E-state index contributed by atoms with van der Waals surface area (Å²) < 4.78 is 52.4. The Labute approximate surface area is 223 Å². The highest BCUT2D eigenvalue weighted by molar-refractivity contribution is 7.91. The van der Waals surface area contributed by atoms with E-state index in [1.807, 2.05) is 17.0 Å². The summed E-state index contributed by atoms with van der Waals surface area (Å²) in [7, 11) is -3.01. The van der Waals surface area contributed by atoms with Gasteiger partial charge in [-0.3, -0.25) is 9.59 Å². The Hall–Kier alpha value is -3.93. The van der Waals surface area contributed by atoms with Gasteiger partial charge in [-0.2, -0.15) is 0 Å². The molecule has 6 rings (SSSR count). The number of carbonyl (C=O) groups is 2. The van der Waals surface area contributed by atoms with Gasteiger partial charge in [0.05, 0.1) is 35.2 Å². The second-order valence-corrected chi connectivity index (χ2v) is 12.3. The molecule has 0 unspecified atom stereocenters. The fourth-order valence-corrected chi connectivity index (χ4v) is 7.00. The topological polar surface area (TPSA) is 121 Å². The van der Waals surface area contributed by atoms with Gasteiger partial charge in [0.2, 0.25) is 5.91 Å². The molecule has 9 nitrogen and oxygen atoms in total. The average Bonchev–Trinajstić information content (AvgIpc) is 3.47. The van der Waals surface area contributed by atoms with Crippen LogP contribution in [0, 0.1) is 11.6 Å².